The SMILES string of the molecule is O=C(N[C@H]1CCCCC/C=C\C2C[C@@]2(C(=O)OCCc2ccccc2)CC(=O)[C@@H]2C[C@@H](Oc3nc4ccccc4nc3-c3cccs3)CN2C1=O)OC1CCCC1. The van der Waals surface area contributed by atoms with Crippen LogP contribution in [-0.2, 0) is 30.3 Å². The Hall–Kier alpha value is -5.10. The summed E-state index contributed by atoms with van der Waals surface area (Å²) in [6.45, 7) is 0.310. The third kappa shape index (κ3) is 9.06. The number of carbonyl (C=O) groups is 4. The van der Waals surface area contributed by atoms with Gasteiger partial charge in [0.25, 0.3) is 0 Å². The summed E-state index contributed by atoms with van der Waals surface area (Å²) in [4.78, 5) is 68.8. The van der Waals surface area contributed by atoms with Gasteiger partial charge in [-0.05, 0) is 86.4 Å². The maximum absolute atomic E-state index is 14.7. The molecule has 1 unspecified atom stereocenters. The number of nitrogens with one attached hydrogen (secondary N) is 1. The second kappa shape index (κ2) is 17.6. The van der Waals surface area contributed by atoms with Crippen LogP contribution in [0.1, 0.15) is 82.6 Å². The predicted molar refractivity (Wildman–Crippen MR) is 217 cm³/mol. The third-order valence-electron chi connectivity index (χ3n) is 11.9. The number of alkyl carbamates (subject to hydrolysis) is 1. The first-order valence-electron chi connectivity index (χ1n) is 20.5. The molecule has 2 amide bonds. The quantitative estimate of drug-likeness (QED) is 0.132. The molecule has 12 heteroatoms. The number of esters is 1. The standard InChI is InChI=1S/C45H50N4O7S/c50-38-28-45(43(52)54-24-23-30-14-5-4-6-15-30)27-31(45)16-7-2-1-3-8-21-36(48-44(53)56-32-17-9-10-18-32)42(51)49-29-33(26-37(38)49)55-41-40(39-22-13-25-57-39)46-34-19-11-12-20-35(34)47-41/h4-7,11-16,19-20,22,25,31-33,36-37H,1-3,8-10,17-18,21,23-24,26-29H2,(H,48,53)/b16-7-/t31?,33-,36+,37+,45-/m1/s1. The number of allylic oxidation sites excluding steroid dienone is 2. The molecule has 11 nitrogen and oxygen atoms in total. The molecule has 1 N–H and O–H groups in total. The van der Waals surface area contributed by atoms with E-state index in [0.717, 1.165) is 60.9 Å². The molecule has 2 aromatic heterocycles. The summed E-state index contributed by atoms with van der Waals surface area (Å²) in [6.07, 6.45) is 11.3. The van der Waals surface area contributed by atoms with Gasteiger partial charge in [-0.25, -0.2) is 14.8 Å². The van der Waals surface area contributed by atoms with Crippen LogP contribution in [0.2, 0.25) is 0 Å². The van der Waals surface area contributed by atoms with E-state index in [0.29, 0.717) is 42.8 Å². The first kappa shape index (κ1) is 38.8. The van der Waals surface area contributed by atoms with Crippen molar-refractivity contribution in [3.05, 3.63) is 89.8 Å². The van der Waals surface area contributed by atoms with Crippen LogP contribution in [0.4, 0.5) is 4.79 Å². The summed E-state index contributed by atoms with van der Waals surface area (Å²) in [5, 5.41) is 4.86. The van der Waals surface area contributed by atoms with E-state index in [1.165, 1.54) is 11.3 Å². The minimum Gasteiger partial charge on any atom is -0.471 e. The van der Waals surface area contributed by atoms with Crippen molar-refractivity contribution < 1.29 is 33.4 Å². The van der Waals surface area contributed by atoms with Gasteiger partial charge in [0, 0.05) is 19.3 Å². The molecule has 4 heterocycles. The van der Waals surface area contributed by atoms with Crippen LogP contribution in [-0.4, -0.2) is 76.1 Å². The molecule has 3 fully saturated rings. The van der Waals surface area contributed by atoms with E-state index >= 15 is 0 Å². The van der Waals surface area contributed by atoms with E-state index in [-0.39, 0.29) is 55.7 Å². The highest BCUT2D eigenvalue weighted by Crippen LogP contribution is 2.57. The highest BCUT2D eigenvalue weighted by atomic mass is 32.1. The van der Waals surface area contributed by atoms with Gasteiger partial charge in [0.15, 0.2) is 5.78 Å². The molecule has 0 spiro atoms. The molecule has 0 bridgehead atoms. The largest absolute Gasteiger partial charge is 0.471 e. The Bertz CT molecular complexity index is 2090. The minimum atomic E-state index is -1.00. The summed E-state index contributed by atoms with van der Waals surface area (Å²) in [7, 11) is 0. The molecule has 4 aromatic rings. The zero-order valence-electron chi connectivity index (χ0n) is 32.2. The van der Waals surface area contributed by atoms with Crippen LogP contribution in [0, 0.1) is 11.3 Å². The Labute approximate surface area is 337 Å². The van der Waals surface area contributed by atoms with E-state index in [1.54, 1.807) is 4.90 Å². The lowest BCUT2D eigenvalue weighted by atomic mass is 9.91. The van der Waals surface area contributed by atoms with Gasteiger partial charge in [-0.15, -0.1) is 11.3 Å². The van der Waals surface area contributed by atoms with Crippen molar-refractivity contribution in [2.24, 2.45) is 11.3 Å². The van der Waals surface area contributed by atoms with E-state index in [1.807, 2.05) is 72.1 Å². The van der Waals surface area contributed by atoms with Gasteiger partial charge in [0.1, 0.15) is 23.9 Å². The monoisotopic (exact) mass is 790 g/mol. The first-order valence-corrected chi connectivity index (χ1v) is 21.4. The number of rotatable bonds is 9. The number of ether oxygens (including phenoxy) is 3. The van der Waals surface area contributed by atoms with E-state index in [9.17, 15) is 19.2 Å². The van der Waals surface area contributed by atoms with Crippen LogP contribution >= 0.6 is 11.3 Å². The van der Waals surface area contributed by atoms with Crippen LogP contribution in [0.25, 0.3) is 21.6 Å². The van der Waals surface area contributed by atoms with Crippen molar-refractivity contribution in [1.82, 2.24) is 20.2 Å². The number of amides is 2. The maximum Gasteiger partial charge on any atom is 0.408 e. The third-order valence-corrected chi connectivity index (χ3v) is 12.8. The fraction of sp³-hybridized carbons (Fsp3) is 0.467. The number of hydrogen-bond acceptors (Lipinski definition) is 10. The van der Waals surface area contributed by atoms with Crippen LogP contribution < -0.4 is 10.1 Å². The van der Waals surface area contributed by atoms with Crippen molar-refractivity contribution in [2.45, 2.75) is 108 Å². The van der Waals surface area contributed by atoms with Crippen molar-refractivity contribution in [3.63, 3.8) is 0 Å². The van der Waals surface area contributed by atoms with Crippen molar-refractivity contribution in [2.75, 3.05) is 13.2 Å². The minimum absolute atomic E-state index is 0.0641. The van der Waals surface area contributed by atoms with Gasteiger partial charge in [-0.3, -0.25) is 14.4 Å². The van der Waals surface area contributed by atoms with Gasteiger partial charge in [-0.2, -0.15) is 0 Å². The predicted octanol–water partition coefficient (Wildman–Crippen LogP) is 8.02. The van der Waals surface area contributed by atoms with Gasteiger partial charge < -0.3 is 24.4 Å². The smallest absolute Gasteiger partial charge is 0.408 e. The Balaban J connectivity index is 1.07. The lowest BCUT2D eigenvalue weighted by Gasteiger charge is -2.29. The Kier molecular flexibility index (Phi) is 12.0. The highest BCUT2D eigenvalue weighted by Gasteiger charge is 2.62. The average Bonchev–Trinajstić information content (AvgIpc) is 3.72. The maximum atomic E-state index is 14.7. The molecular weight excluding hydrogens is 741 g/mol. The zero-order valence-corrected chi connectivity index (χ0v) is 33.0. The van der Waals surface area contributed by atoms with Crippen LogP contribution in [0.3, 0.4) is 0 Å². The van der Waals surface area contributed by atoms with Crippen molar-refractivity contribution in [1.29, 1.82) is 0 Å². The number of Topliss-reactive ketones (excluding diaryl/α,β-unsaturated/α-hetero) is 1. The molecule has 2 saturated carbocycles. The summed E-state index contributed by atoms with van der Waals surface area (Å²) >= 11 is 1.52. The average molecular weight is 791 g/mol. The number of ketones is 1. The number of aromatic nitrogens is 2. The van der Waals surface area contributed by atoms with Crippen LogP contribution in [0.15, 0.2) is 84.3 Å². The number of para-hydroxylation sites is 2. The van der Waals surface area contributed by atoms with E-state index in [4.69, 9.17) is 24.2 Å². The molecule has 5 atom stereocenters. The van der Waals surface area contributed by atoms with Gasteiger partial charge in [0.05, 0.1) is 40.5 Å². The van der Waals surface area contributed by atoms with Gasteiger partial charge in [0.2, 0.25) is 11.8 Å². The summed E-state index contributed by atoms with van der Waals surface area (Å²) < 4.78 is 18.3. The van der Waals surface area contributed by atoms with Crippen molar-refractivity contribution in [3.8, 4) is 16.5 Å². The molecule has 2 aromatic carbocycles. The molecule has 8 rings (SSSR count). The number of nitrogens with zero attached hydrogens (tertiary/aromatic N) is 3. The number of fused-ring (bicyclic) bond motifs is 3. The van der Waals surface area contributed by atoms with E-state index in [2.05, 4.69) is 17.5 Å². The molecular formula is C45H50N4O7S. The summed E-state index contributed by atoms with van der Waals surface area (Å²) in [5.74, 6) is -0.768. The number of hydrogen-bond donors (Lipinski definition) is 1. The molecule has 2 aliphatic heterocycles. The summed E-state index contributed by atoms with van der Waals surface area (Å²) in [5.41, 5.74) is 2.04. The molecule has 2 aliphatic carbocycles. The topological polar surface area (TPSA) is 137 Å². The second-order valence-electron chi connectivity index (χ2n) is 15.9. The molecule has 57 heavy (non-hydrogen) atoms. The molecule has 4 aliphatic rings. The number of benzene rings is 2. The summed E-state index contributed by atoms with van der Waals surface area (Å²) in [6, 6.07) is 19.6. The highest BCUT2D eigenvalue weighted by molar-refractivity contribution is 7.13. The van der Waals surface area contributed by atoms with Gasteiger partial charge >= 0.3 is 12.1 Å². The molecule has 1 saturated heterocycles. The van der Waals surface area contributed by atoms with Gasteiger partial charge in [-0.1, -0.05) is 73.5 Å². The Morgan fingerprint density at radius 3 is 2.44 bits per heavy atom. The Morgan fingerprint density at radius 2 is 1.65 bits per heavy atom. The molecule has 0 radical (unpaired) electrons. The first-order chi connectivity index (χ1) is 27.9. The van der Waals surface area contributed by atoms with E-state index < -0.39 is 29.7 Å². The lowest BCUT2D eigenvalue weighted by Crippen LogP contribution is -2.52. The number of carbonyl (C=O) groups excluding carboxylic acids is 4. The Morgan fingerprint density at radius 1 is 0.877 bits per heavy atom. The molecule has 298 valence electrons. The van der Waals surface area contributed by atoms with Crippen molar-refractivity contribution >= 4 is 46.1 Å². The number of thiophene rings is 1. The fourth-order valence-corrected chi connectivity index (χ4v) is 9.35. The zero-order chi connectivity index (χ0) is 39.2. The fourth-order valence-electron chi connectivity index (χ4n) is 8.64. The second-order valence-corrected chi connectivity index (χ2v) is 16.8. The van der Waals surface area contributed by atoms with Crippen LogP contribution in [0.5, 0.6) is 5.88 Å². The normalized spacial score (nSPS) is 26.1. The lowest BCUT2D eigenvalue weighted by molar-refractivity contribution is -0.153.